The number of carbonyl (C=O) groups is 2. The monoisotopic (exact) mass is 415 g/mol. The highest BCUT2D eigenvalue weighted by Crippen LogP contribution is 2.27. The first-order chi connectivity index (χ1) is 12.4. The van der Waals surface area contributed by atoms with Crippen LogP contribution in [-0.4, -0.2) is 24.4 Å². The van der Waals surface area contributed by atoms with Crippen molar-refractivity contribution in [2.45, 2.75) is 58.4 Å². The second kappa shape index (κ2) is 11.5. The van der Waals surface area contributed by atoms with E-state index in [1.54, 1.807) is 18.2 Å². The Morgan fingerprint density at radius 3 is 2.48 bits per heavy atom. The van der Waals surface area contributed by atoms with Crippen LogP contribution in [0, 0.1) is 11.8 Å². The minimum Gasteiger partial charge on any atom is -0.348 e. The van der Waals surface area contributed by atoms with Crippen molar-refractivity contribution in [3.8, 4) is 0 Å². The molecule has 1 aromatic rings. The number of halogens is 2. The molecule has 1 unspecified atom stereocenters. The lowest BCUT2D eigenvalue weighted by Gasteiger charge is -2.30. The summed E-state index contributed by atoms with van der Waals surface area (Å²) in [5.41, 5.74) is 6.85. The molecule has 7 heteroatoms. The number of rotatable bonds is 7. The standard InChI is InChI=1S/C20H30ClN3O2.ClH/c1-13(2)10-19(25)23-15-8-9-17(21)16(11-15)20(26)24-18(12-22)14-6-4-3-5-7-14;/h8-9,11,13-14,18H,3-7,10,12,22H2,1-2H3,(H,23,25)(H,24,26);1H. The third-order valence-electron chi connectivity index (χ3n) is 4.88. The molecule has 0 aromatic heterocycles. The van der Waals surface area contributed by atoms with E-state index in [9.17, 15) is 9.59 Å². The summed E-state index contributed by atoms with van der Waals surface area (Å²) in [4.78, 5) is 24.7. The third kappa shape index (κ3) is 7.32. The molecule has 0 bridgehead atoms. The van der Waals surface area contributed by atoms with Gasteiger partial charge in [-0.25, -0.2) is 0 Å². The molecule has 1 aliphatic rings. The Bertz CT molecular complexity index is 632. The first-order valence-electron chi connectivity index (χ1n) is 9.51. The Morgan fingerprint density at radius 2 is 1.89 bits per heavy atom. The number of carbonyl (C=O) groups excluding carboxylic acids is 2. The first kappa shape index (κ1) is 23.7. The smallest absolute Gasteiger partial charge is 0.253 e. The van der Waals surface area contributed by atoms with Gasteiger partial charge in [0.05, 0.1) is 10.6 Å². The number of nitrogens with two attached hydrogens (primary N) is 1. The summed E-state index contributed by atoms with van der Waals surface area (Å²) >= 11 is 6.22. The zero-order valence-electron chi connectivity index (χ0n) is 16.1. The lowest BCUT2D eigenvalue weighted by molar-refractivity contribution is -0.116. The van der Waals surface area contributed by atoms with Gasteiger partial charge in [-0.2, -0.15) is 0 Å². The maximum atomic E-state index is 12.7. The number of amides is 2. The molecule has 0 heterocycles. The highest BCUT2D eigenvalue weighted by atomic mass is 35.5. The van der Waals surface area contributed by atoms with Crippen molar-refractivity contribution in [3.63, 3.8) is 0 Å². The summed E-state index contributed by atoms with van der Waals surface area (Å²) in [7, 11) is 0. The molecule has 1 aliphatic carbocycles. The van der Waals surface area contributed by atoms with Crippen molar-refractivity contribution in [3.05, 3.63) is 28.8 Å². The zero-order chi connectivity index (χ0) is 19.1. The van der Waals surface area contributed by atoms with E-state index in [1.807, 2.05) is 13.8 Å². The summed E-state index contributed by atoms with van der Waals surface area (Å²) in [6, 6.07) is 4.93. The van der Waals surface area contributed by atoms with E-state index in [1.165, 1.54) is 19.3 Å². The second-order valence-electron chi connectivity index (χ2n) is 7.55. The van der Waals surface area contributed by atoms with Gasteiger partial charge in [0.1, 0.15) is 0 Å². The fraction of sp³-hybridized carbons (Fsp3) is 0.600. The molecule has 152 valence electrons. The van der Waals surface area contributed by atoms with Gasteiger partial charge in [-0.3, -0.25) is 9.59 Å². The average molecular weight is 416 g/mol. The largest absolute Gasteiger partial charge is 0.348 e. The maximum absolute atomic E-state index is 12.7. The van der Waals surface area contributed by atoms with E-state index in [2.05, 4.69) is 10.6 Å². The minimum atomic E-state index is -0.240. The maximum Gasteiger partial charge on any atom is 0.253 e. The molecule has 1 fully saturated rings. The minimum absolute atomic E-state index is 0. The Labute approximate surface area is 173 Å². The molecule has 2 rings (SSSR count). The van der Waals surface area contributed by atoms with Crippen LogP contribution in [0.1, 0.15) is 62.7 Å². The van der Waals surface area contributed by atoms with Crippen molar-refractivity contribution < 1.29 is 9.59 Å². The Balaban J connectivity index is 0.00000364. The van der Waals surface area contributed by atoms with Crippen molar-refractivity contribution >= 4 is 41.5 Å². The van der Waals surface area contributed by atoms with Crippen LogP contribution in [-0.2, 0) is 4.79 Å². The molecule has 4 N–H and O–H groups in total. The van der Waals surface area contributed by atoms with Gasteiger partial charge in [-0.05, 0) is 42.9 Å². The van der Waals surface area contributed by atoms with E-state index >= 15 is 0 Å². The predicted molar refractivity (Wildman–Crippen MR) is 114 cm³/mol. The van der Waals surface area contributed by atoms with Gasteiger partial charge in [0.15, 0.2) is 0 Å². The van der Waals surface area contributed by atoms with Crippen molar-refractivity contribution in [1.82, 2.24) is 5.32 Å². The lowest BCUT2D eigenvalue weighted by atomic mass is 9.84. The molecule has 27 heavy (non-hydrogen) atoms. The summed E-state index contributed by atoms with van der Waals surface area (Å²) in [5, 5.41) is 6.23. The topological polar surface area (TPSA) is 84.2 Å². The van der Waals surface area contributed by atoms with Gasteiger partial charge in [0.25, 0.3) is 5.91 Å². The normalized spacial score (nSPS) is 15.7. The SMILES string of the molecule is CC(C)CC(=O)Nc1ccc(Cl)c(C(=O)NC(CN)C2CCCCC2)c1.Cl. The number of hydrogen-bond acceptors (Lipinski definition) is 3. The van der Waals surface area contributed by atoms with Gasteiger partial charge in [0.2, 0.25) is 5.91 Å². The van der Waals surface area contributed by atoms with Crippen LogP contribution >= 0.6 is 24.0 Å². The quantitative estimate of drug-likeness (QED) is 0.617. The number of anilines is 1. The molecule has 0 spiro atoms. The molecule has 0 saturated heterocycles. The van der Waals surface area contributed by atoms with Gasteiger partial charge < -0.3 is 16.4 Å². The number of hydrogen-bond donors (Lipinski definition) is 3. The van der Waals surface area contributed by atoms with Crippen molar-refractivity contribution in [2.24, 2.45) is 17.6 Å². The molecule has 1 atom stereocenters. The predicted octanol–water partition coefficient (Wildman–Crippen LogP) is 4.38. The van der Waals surface area contributed by atoms with E-state index in [4.69, 9.17) is 17.3 Å². The van der Waals surface area contributed by atoms with E-state index in [-0.39, 0.29) is 36.2 Å². The second-order valence-corrected chi connectivity index (χ2v) is 7.96. The Morgan fingerprint density at radius 1 is 1.22 bits per heavy atom. The summed E-state index contributed by atoms with van der Waals surface area (Å²) in [6.07, 6.45) is 6.26. The fourth-order valence-corrected chi connectivity index (χ4v) is 3.72. The Hall–Kier alpha value is -1.30. The summed E-state index contributed by atoms with van der Waals surface area (Å²) in [5.74, 6) is 0.378. The van der Waals surface area contributed by atoms with Gasteiger partial charge >= 0.3 is 0 Å². The van der Waals surface area contributed by atoms with E-state index in [0.29, 0.717) is 35.2 Å². The van der Waals surface area contributed by atoms with Gasteiger partial charge in [-0.1, -0.05) is 44.7 Å². The summed E-state index contributed by atoms with van der Waals surface area (Å²) in [6.45, 7) is 4.38. The van der Waals surface area contributed by atoms with E-state index in [0.717, 1.165) is 12.8 Å². The van der Waals surface area contributed by atoms with Crippen molar-refractivity contribution in [2.75, 3.05) is 11.9 Å². The van der Waals surface area contributed by atoms with E-state index < -0.39 is 0 Å². The molecule has 0 aliphatic heterocycles. The third-order valence-corrected chi connectivity index (χ3v) is 5.21. The van der Waals surface area contributed by atoms with Crippen LogP contribution in [0.3, 0.4) is 0 Å². The highest BCUT2D eigenvalue weighted by Gasteiger charge is 2.25. The van der Waals surface area contributed by atoms with Gasteiger partial charge in [-0.15, -0.1) is 12.4 Å². The molecular weight excluding hydrogens is 385 g/mol. The molecule has 1 saturated carbocycles. The molecule has 2 amide bonds. The van der Waals surface area contributed by atoms with Crippen LogP contribution in [0.2, 0.25) is 5.02 Å². The fourth-order valence-electron chi connectivity index (χ4n) is 3.51. The molecule has 0 radical (unpaired) electrons. The zero-order valence-corrected chi connectivity index (χ0v) is 17.7. The molecular formula is C20H31Cl2N3O2. The summed E-state index contributed by atoms with van der Waals surface area (Å²) < 4.78 is 0. The molecule has 5 nitrogen and oxygen atoms in total. The number of benzene rings is 1. The van der Waals surface area contributed by atoms with Crippen molar-refractivity contribution in [1.29, 1.82) is 0 Å². The number of nitrogens with one attached hydrogen (secondary N) is 2. The van der Waals surface area contributed by atoms with Crippen LogP contribution in [0.15, 0.2) is 18.2 Å². The van der Waals surface area contributed by atoms with Crippen LogP contribution in [0.25, 0.3) is 0 Å². The Kier molecular flexibility index (Phi) is 10.1. The average Bonchev–Trinajstić information content (AvgIpc) is 2.61. The highest BCUT2D eigenvalue weighted by molar-refractivity contribution is 6.34. The van der Waals surface area contributed by atoms with Crippen LogP contribution < -0.4 is 16.4 Å². The first-order valence-corrected chi connectivity index (χ1v) is 9.88. The van der Waals surface area contributed by atoms with Crippen LogP contribution in [0.4, 0.5) is 5.69 Å². The van der Waals surface area contributed by atoms with Gasteiger partial charge in [0, 0.05) is 24.7 Å². The lowest BCUT2D eigenvalue weighted by Crippen LogP contribution is -2.46. The molecule has 1 aromatic carbocycles. The van der Waals surface area contributed by atoms with Crippen LogP contribution in [0.5, 0.6) is 0 Å².